The highest BCUT2D eigenvalue weighted by Gasteiger charge is 2.14. The van der Waals surface area contributed by atoms with Crippen LogP contribution < -0.4 is 4.72 Å². The number of nitrogens with one attached hydrogen (secondary N) is 1. The van der Waals surface area contributed by atoms with E-state index < -0.39 is 10.0 Å². The molecule has 0 spiro atoms. The number of rotatable bonds is 5. The van der Waals surface area contributed by atoms with Gasteiger partial charge in [-0.3, -0.25) is 0 Å². The SMILES string of the molecule is CC(NS(=O)(=O)C/C=C/Cl)c1ccc2ccccc2c1. The molecular formula is C15H16ClNO2S. The summed E-state index contributed by atoms with van der Waals surface area (Å²) < 4.78 is 26.3. The van der Waals surface area contributed by atoms with Crippen LogP contribution in [0.4, 0.5) is 0 Å². The molecule has 0 fully saturated rings. The second-order valence-corrected chi connectivity index (χ2v) is 6.64. The van der Waals surface area contributed by atoms with Crippen molar-refractivity contribution >= 4 is 32.4 Å². The molecule has 0 heterocycles. The number of hydrogen-bond acceptors (Lipinski definition) is 2. The summed E-state index contributed by atoms with van der Waals surface area (Å²) in [6.07, 6.45) is 1.40. The molecule has 0 aliphatic heterocycles. The van der Waals surface area contributed by atoms with E-state index in [9.17, 15) is 8.42 Å². The van der Waals surface area contributed by atoms with E-state index >= 15 is 0 Å². The van der Waals surface area contributed by atoms with Gasteiger partial charge in [0.15, 0.2) is 0 Å². The molecule has 5 heteroatoms. The maximum atomic E-state index is 11.8. The average Bonchev–Trinajstić information content (AvgIpc) is 2.44. The van der Waals surface area contributed by atoms with Crippen LogP contribution in [0.3, 0.4) is 0 Å². The van der Waals surface area contributed by atoms with E-state index in [1.807, 2.05) is 49.4 Å². The first kappa shape index (κ1) is 15.0. The fourth-order valence-electron chi connectivity index (χ4n) is 2.03. The van der Waals surface area contributed by atoms with Crippen molar-refractivity contribution < 1.29 is 8.42 Å². The summed E-state index contributed by atoms with van der Waals surface area (Å²) in [4.78, 5) is 0. The van der Waals surface area contributed by atoms with Crippen LogP contribution in [-0.2, 0) is 10.0 Å². The minimum absolute atomic E-state index is 0.117. The van der Waals surface area contributed by atoms with Gasteiger partial charge >= 0.3 is 0 Å². The lowest BCUT2D eigenvalue weighted by molar-refractivity contribution is 0.570. The van der Waals surface area contributed by atoms with Crippen LogP contribution in [0.25, 0.3) is 10.8 Å². The van der Waals surface area contributed by atoms with Gasteiger partial charge in [-0.05, 0) is 29.3 Å². The third kappa shape index (κ3) is 3.82. The number of fused-ring (bicyclic) bond motifs is 1. The van der Waals surface area contributed by atoms with Crippen molar-refractivity contribution in [2.45, 2.75) is 13.0 Å². The van der Waals surface area contributed by atoms with E-state index in [2.05, 4.69) is 4.72 Å². The predicted molar refractivity (Wildman–Crippen MR) is 84.3 cm³/mol. The Morgan fingerprint density at radius 1 is 1.20 bits per heavy atom. The highest BCUT2D eigenvalue weighted by molar-refractivity contribution is 7.89. The number of sulfonamides is 1. The Bertz CT molecular complexity index is 725. The van der Waals surface area contributed by atoms with Gasteiger partial charge in [-0.25, -0.2) is 13.1 Å². The van der Waals surface area contributed by atoms with Crippen LogP contribution in [-0.4, -0.2) is 14.2 Å². The molecule has 0 aliphatic carbocycles. The summed E-state index contributed by atoms with van der Waals surface area (Å²) in [5.41, 5.74) is 2.14. The van der Waals surface area contributed by atoms with Gasteiger partial charge in [0.05, 0.1) is 5.75 Å². The molecule has 2 rings (SSSR count). The molecule has 0 aliphatic rings. The monoisotopic (exact) mass is 309 g/mol. The van der Waals surface area contributed by atoms with Crippen LogP contribution in [0.1, 0.15) is 18.5 Å². The van der Waals surface area contributed by atoms with Gasteiger partial charge in [-0.1, -0.05) is 54.1 Å². The summed E-state index contributed by atoms with van der Waals surface area (Å²) in [6.45, 7) is 1.83. The molecule has 2 aromatic rings. The smallest absolute Gasteiger partial charge is 0.212 e. The quantitative estimate of drug-likeness (QED) is 0.917. The molecule has 2 aromatic carbocycles. The van der Waals surface area contributed by atoms with Crippen LogP contribution in [0.15, 0.2) is 54.1 Å². The lowest BCUT2D eigenvalue weighted by Crippen LogP contribution is -2.28. The average molecular weight is 310 g/mol. The molecule has 1 unspecified atom stereocenters. The Hall–Kier alpha value is -1.36. The number of benzene rings is 2. The minimum atomic E-state index is -3.37. The fraction of sp³-hybridized carbons (Fsp3) is 0.200. The van der Waals surface area contributed by atoms with Gasteiger partial charge in [0.25, 0.3) is 0 Å². The summed E-state index contributed by atoms with van der Waals surface area (Å²) in [5, 5.41) is 2.23. The maximum absolute atomic E-state index is 11.8. The fourth-order valence-corrected chi connectivity index (χ4v) is 3.34. The van der Waals surface area contributed by atoms with Gasteiger partial charge in [0, 0.05) is 11.6 Å². The normalized spacial score (nSPS) is 13.9. The van der Waals surface area contributed by atoms with Gasteiger partial charge in [0.1, 0.15) is 0 Å². The lowest BCUT2D eigenvalue weighted by Gasteiger charge is -2.14. The van der Waals surface area contributed by atoms with Gasteiger partial charge in [-0.2, -0.15) is 0 Å². The third-order valence-corrected chi connectivity index (χ3v) is 4.56. The zero-order valence-corrected chi connectivity index (χ0v) is 12.7. The highest BCUT2D eigenvalue weighted by atomic mass is 35.5. The first-order valence-corrected chi connectivity index (χ1v) is 8.34. The summed E-state index contributed by atoms with van der Waals surface area (Å²) in [7, 11) is -3.37. The Labute approximate surface area is 124 Å². The molecular weight excluding hydrogens is 294 g/mol. The molecule has 0 bridgehead atoms. The van der Waals surface area contributed by atoms with E-state index in [0.717, 1.165) is 16.3 Å². The first-order valence-electron chi connectivity index (χ1n) is 6.26. The molecule has 0 saturated heterocycles. The predicted octanol–water partition coefficient (Wildman–Crippen LogP) is 3.57. The standard InChI is InChI=1S/C15H16ClNO2S/c1-12(17-20(18,19)10-4-9-16)14-8-7-13-5-2-3-6-15(13)11-14/h2-9,11-12,17H,10H2,1H3/b9-4+. The molecule has 0 saturated carbocycles. The van der Waals surface area contributed by atoms with E-state index in [1.165, 1.54) is 11.6 Å². The molecule has 0 amide bonds. The van der Waals surface area contributed by atoms with Crippen molar-refractivity contribution in [1.82, 2.24) is 4.72 Å². The van der Waals surface area contributed by atoms with Crippen molar-refractivity contribution in [2.24, 2.45) is 0 Å². The Kier molecular flexibility index (Phi) is 4.81. The Balaban J connectivity index is 2.21. The highest BCUT2D eigenvalue weighted by Crippen LogP contribution is 2.20. The van der Waals surface area contributed by atoms with Crippen molar-refractivity contribution in [3.8, 4) is 0 Å². The van der Waals surface area contributed by atoms with Crippen LogP contribution >= 0.6 is 11.6 Å². The molecule has 1 atom stereocenters. The van der Waals surface area contributed by atoms with Crippen LogP contribution in [0, 0.1) is 0 Å². The minimum Gasteiger partial charge on any atom is -0.212 e. The van der Waals surface area contributed by atoms with Crippen molar-refractivity contribution in [3.05, 3.63) is 59.6 Å². The lowest BCUT2D eigenvalue weighted by atomic mass is 10.0. The van der Waals surface area contributed by atoms with Crippen molar-refractivity contribution in [3.63, 3.8) is 0 Å². The maximum Gasteiger partial charge on any atom is 0.215 e. The van der Waals surface area contributed by atoms with E-state index in [-0.39, 0.29) is 11.8 Å². The topological polar surface area (TPSA) is 46.2 Å². The molecule has 0 aromatic heterocycles. The van der Waals surface area contributed by atoms with Crippen molar-refractivity contribution in [1.29, 1.82) is 0 Å². The van der Waals surface area contributed by atoms with Gasteiger partial charge < -0.3 is 0 Å². The van der Waals surface area contributed by atoms with Gasteiger partial charge in [-0.15, -0.1) is 0 Å². The molecule has 0 radical (unpaired) electrons. The number of hydrogen-bond donors (Lipinski definition) is 1. The number of halogens is 1. The first-order chi connectivity index (χ1) is 9.52. The van der Waals surface area contributed by atoms with Crippen molar-refractivity contribution in [2.75, 3.05) is 5.75 Å². The summed E-state index contributed by atoms with van der Waals surface area (Å²) in [6, 6.07) is 13.6. The largest absolute Gasteiger partial charge is 0.215 e. The van der Waals surface area contributed by atoms with E-state index in [4.69, 9.17) is 11.6 Å². The Morgan fingerprint density at radius 3 is 2.60 bits per heavy atom. The van der Waals surface area contributed by atoms with E-state index in [1.54, 1.807) is 0 Å². The molecule has 20 heavy (non-hydrogen) atoms. The summed E-state index contributed by atoms with van der Waals surface area (Å²) in [5.74, 6) is -0.117. The molecule has 3 nitrogen and oxygen atoms in total. The second kappa shape index (κ2) is 6.39. The van der Waals surface area contributed by atoms with Crippen LogP contribution in [0.5, 0.6) is 0 Å². The molecule has 106 valence electrons. The van der Waals surface area contributed by atoms with Gasteiger partial charge in [0.2, 0.25) is 10.0 Å². The zero-order valence-electron chi connectivity index (χ0n) is 11.1. The summed E-state index contributed by atoms with van der Waals surface area (Å²) >= 11 is 5.35. The van der Waals surface area contributed by atoms with Crippen LogP contribution in [0.2, 0.25) is 0 Å². The second-order valence-electron chi connectivity index (χ2n) is 4.59. The zero-order chi connectivity index (χ0) is 14.6. The Morgan fingerprint density at radius 2 is 1.90 bits per heavy atom. The molecule has 1 N–H and O–H groups in total. The third-order valence-electron chi connectivity index (χ3n) is 3.03. The van der Waals surface area contributed by atoms with E-state index in [0.29, 0.717) is 0 Å².